The molecule has 0 spiro atoms. The maximum atomic E-state index is 11.5. The van der Waals surface area contributed by atoms with Gasteiger partial charge in [-0.15, -0.1) is 0 Å². The van der Waals surface area contributed by atoms with Crippen LogP contribution in [0.2, 0.25) is 0 Å². The van der Waals surface area contributed by atoms with E-state index in [-0.39, 0.29) is 22.9 Å². The van der Waals surface area contributed by atoms with Crippen molar-refractivity contribution in [1.82, 2.24) is 5.32 Å². The zero-order valence-corrected chi connectivity index (χ0v) is 18.2. The Bertz CT molecular complexity index is 1100. The molecule has 0 saturated carbocycles. The van der Waals surface area contributed by atoms with Crippen LogP contribution in [-0.2, 0) is 11.5 Å². The molecule has 148 valence electrons. The van der Waals surface area contributed by atoms with Gasteiger partial charge in [0, 0.05) is 48.4 Å². The van der Waals surface area contributed by atoms with Gasteiger partial charge in [0.25, 0.3) is 0 Å². The minimum atomic E-state index is -0.0410. The fourth-order valence-electron chi connectivity index (χ4n) is 3.68. The number of aromatic nitrogens is 1. The number of benzene rings is 2. The van der Waals surface area contributed by atoms with Gasteiger partial charge >= 0.3 is 0 Å². The van der Waals surface area contributed by atoms with Crippen molar-refractivity contribution in [1.29, 1.82) is 0 Å². The second-order valence-electron chi connectivity index (χ2n) is 6.84. The molecule has 4 nitrogen and oxygen atoms in total. The highest BCUT2D eigenvalue weighted by Crippen LogP contribution is 2.31. The summed E-state index contributed by atoms with van der Waals surface area (Å²) in [6.07, 6.45) is 6.50. The minimum absolute atomic E-state index is 0. The lowest BCUT2D eigenvalue weighted by atomic mass is 10.0. The van der Waals surface area contributed by atoms with Crippen molar-refractivity contribution in [2.45, 2.75) is 20.5 Å². The number of halogens is 1. The van der Waals surface area contributed by atoms with Gasteiger partial charge in [-0.25, -0.2) is 0 Å². The molecule has 1 aliphatic heterocycles. The smallest absolute Gasteiger partial charge is 0.224 e. The third kappa shape index (κ3) is 4.25. The van der Waals surface area contributed by atoms with Crippen LogP contribution in [0.5, 0.6) is 0 Å². The van der Waals surface area contributed by atoms with Gasteiger partial charge in [0.2, 0.25) is 23.8 Å². The number of para-hydroxylation sites is 2. The number of nitrogens with zero attached hydrogens (tertiary/aromatic N) is 2. The van der Waals surface area contributed by atoms with Gasteiger partial charge in [-0.3, -0.25) is 4.79 Å². The number of amides is 1. The summed E-state index contributed by atoms with van der Waals surface area (Å²) in [6, 6.07) is 20.9. The molecule has 0 radical (unpaired) electrons. The predicted molar refractivity (Wildman–Crippen MR) is 114 cm³/mol. The highest BCUT2D eigenvalue weighted by atomic mass is 79.9. The number of rotatable bonds is 4. The van der Waals surface area contributed by atoms with Crippen molar-refractivity contribution in [3.63, 3.8) is 0 Å². The maximum Gasteiger partial charge on any atom is 0.224 e. The fourth-order valence-corrected chi connectivity index (χ4v) is 3.68. The average molecular weight is 450 g/mol. The summed E-state index contributed by atoms with van der Waals surface area (Å²) in [4.78, 5) is 13.8. The van der Waals surface area contributed by atoms with E-state index in [1.807, 2.05) is 12.1 Å². The van der Waals surface area contributed by atoms with E-state index in [1.54, 1.807) is 6.92 Å². The maximum absolute atomic E-state index is 11.5. The Morgan fingerprint density at radius 3 is 2.59 bits per heavy atom. The first-order valence-electron chi connectivity index (χ1n) is 9.60. The Balaban J connectivity index is 0.00000240. The van der Waals surface area contributed by atoms with Crippen LogP contribution in [0.3, 0.4) is 0 Å². The lowest BCUT2D eigenvalue weighted by molar-refractivity contribution is -0.676. The SMILES string of the molecule is CCN1C(=Cc2ccc3ccccc3[n+]2CNC(C)=O)C=Cc2ccccc21.[Br-]. The normalized spacial score (nSPS) is 13.9. The lowest BCUT2D eigenvalue weighted by Gasteiger charge is -2.29. The van der Waals surface area contributed by atoms with Gasteiger partial charge in [0.15, 0.2) is 0 Å². The molecule has 5 heteroatoms. The standard InChI is InChI=1S/C24H23N3O.BrH/c1-3-26-21(14-12-19-8-4-6-10-23(19)26)16-22-15-13-20-9-5-7-11-24(20)27(22)17-25-18(2)28;/h4-16H,3,17H2,1-2H3;1H. The van der Waals surface area contributed by atoms with E-state index in [0.29, 0.717) is 6.67 Å². The molecule has 3 aromatic rings. The summed E-state index contributed by atoms with van der Waals surface area (Å²) in [5.74, 6) is -0.0410. The second-order valence-corrected chi connectivity index (χ2v) is 6.84. The predicted octanol–water partition coefficient (Wildman–Crippen LogP) is 1.12. The number of likely N-dealkylation sites (N-methyl/N-ethyl adjacent to an activating group) is 1. The highest BCUT2D eigenvalue weighted by molar-refractivity contribution is 5.80. The lowest BCUT2D eigenvalue weighted by Crippen LogP contribution is -3.00. The van der Waals surface area contributed by atoms with Gasteiger partial charge in [0.1, 0.15) is 0 Å². The number of hydrogen-bond donors (Lipinski definition) is 1. The number of nitrogens with one attached hydrogen (secondary N) is 1. The largest absolute Gasteiger partial charge is 1.00 e. The summed E-state index contributed by atoms with van der Waals surface area (Å²) < 4.78 is 2.14. The summed E-state index contributed by atoms with van der Waals surface area (Å²) >= 11 is 0. The quantitative estimate of drug-likeness (QED) is 0.605. The summed E-state index contributed by atoms with van der Waals surface area (Å²) in [5, 5.41) is 4.08. The minimum Gasteiger partial charge on any atom is -1.00 e. The molecule has 1 N–H and O–H groups in total. The summed E-state index contributed by atoms with van der Waals surface area (Å²) in [5.41, 5.74) is 5.71. The summed E-state index contributed by atoms with van der Waals surface area (Å²) in [7, 11) is 0. The number of allylic oxidation sites excluding steroid dienone is 1. The van der Waals surface area contributed by atoms with Crippen LogP contribution < -0.4 is 31.8 Å². The van der Waals surface area contributed by atoms with Crippen molar-refractivity contribution < 1.29 is 26.3 Å². The van der Waals surface area contributed by atoms with E-state index < -0.39 is 0 Å². The van der Waals surface area contributed by atoms with Crippen LogP contribution in [0.25, 0.3) is 23.1 Å². The van der Waals surface area contributed by atoms with Gasteiger partial charge in [-0.1, -0.05) is 36.4 Å². The van der Waals surface area contributed by atoms with Crippen LogP contribution >= 0.6 is 0 Å². The molecule has 0 bridgehead atoms. The van der Waals surface area contributed by atoms with Crippen molar-refractivity contribution >= 4 is 34.6 Å². The van der Waals surface area contributed by atoms with Crippen molar-refractivity contribution in [3.05, 3.63) is 83.7 Å². The molecular formula is C24H24BrN3O. The number of carbonyl (C=O) groups excluding carboxylic acids is 1. The van der Waals surface area contributed by atoms with E-state index in [9.17, 15) is 4.79 Å². The Kier molecular flexibility index (Phi) is 6.49. The molecule has 2 aromatic carbocycles. The van der Waals surface area contributed by atoms with Crippen molar-refractivity contribution in [2.24, 2.45) is 0 Å². The van der Waals surface area contributed by atoms with Crippen LogP contribution in [-0.4, -0.2) is 12.5 Å². The molecule has 29 heavy (non-hydrogen) atoms. The molecule has 2 heterocycles. The fraction of sp³-hybridized carbons (Fsp3) is 0.167. The van der Waals surface area contributed by atoms with Gasteiger partial charge in [0.05, 0.1) is 0 Å². The third-order valence-electron chi connectivity index (χ3n) is 5.04. The van der Waals surface area contributed by atoms with Crippen LogP contribution in [0.15, 0.2) is 72.4 Å². The Hall–Kier alpha value is -2.92. The topological polar surface area (TPSA) is 36.2 Å². The molecular weight excluding hydrogens is 426 g/mol. The first-order chi connectivity index (χ1) is 13.7. The van der Waals surface area contributed by atoms with Crippen LogP contribution in [0.1, 0.15) is 25.1 Å². The first-order valence-corrected chi connectivity index (χ1v) is 9.60. The van der Waals surface area contributed by atoms with Gasteiger partial charge in [-0.2, -0.15) is 4.57 Å². The monoisotopic (exact) mass is 449 g/mol. The Morgan fingerprint density at radius 2 is 1.79 bits per heavy atom. The molecule has 1 aliphatic rings. The third-order valence-corrected chi connectivity index (χ3v) is 5.04. The Labute approximate surface area is 181 Å². The molecule has 4 rings (SSSR count). The number of anilines is 1. The first kappa shape index (κ1) is 20.8. The van der Waals surface area contributed by atoms with E-state index >= 15 is 0 Å². The van der Waals surface area contributed by atoms with Gasteiger partial charge < -0.3 is 27.2 Å². The number of pyridine rings is 1. The molecule has 0 unspecified atom stereocenters. The number of carbonyl (C=O) groups is 1. The molecule has 1 aromatic heterocycles. The number of hydrogen-bond acceptors (Lipinski definition) is 2. The van der Waals surface area contributed by atoms with E-state index in [2.05, 4.69) is 88.5 Å². The molecule has 0 fully saturated rings. The molecule has 0 aliphatic carbocycles. The zero-order valence-electron chi connectivity index (χ0n) is 16.6. The van der Waals surface area contributed by atoms with Crippen molar-refractivity contribution in [3.8, 4) is 0 Å². The van der Waals surface area contributed by atoms with E-state index in [1.165, 1.54) is 11.3 Å². The average Bonchev–Trinajstić information content (AvgIpc) is 2.72. The van der Waals surface area contributed by atoms with Gasteiger partial charge in [-0.05, 0) is 36.8 Å². The summed E-state index contributed by atoms with van der Waals surface area (Å²) in [6.45, 7) is 5.02. The molecule has 0 saturated heterocycles. The highest BCUT2D eigenvalue weighted by Gasteiger charge is 2.19. The van der Waals surface area contributed by atoms with E-state index in [4.69, 9.17) is 0 Å². The Morgan fingerprint density at radius 1 is 1.03 bits per heavy atom. The zero-order chi connectivity index (χ0) is 19.5. The molecule has 0 atom stereocenters. The second kappa shape index (κ2) is 9.05. The van der Waals surface area contributed by atoms with Crippen molar-refractivity contribution in [2.75, 3.05) is 11.4 Å². The van der Waals surface area contributed by atoms with Crippen LogP contribution in [0, 0.1) is 0 Å². The van der Waals surface area contributed by atoms with Crippen LogP contribution in [0.4, 0.5) is 5.69 Å². The molecule has 1 amide bonds. The van der Waals surface area contributed by atoms with E-state index in [0.717, 1.165) is 28.8 Å². The number of fused-ring (bicyclic) bond motifs is 2.